The lowest BCUT2D eigenvalue weighted by atomic mass is 10.0. The molecule has 1 saturated heterocycles. The van der Waals surface area contributed by atoms with Crippen molar-refractivity contribution in [1.82, 2.24) is 15.2 Å². The molecular formula is C23H25F4N5O2. The molecule has 1 unspecified atom stereocenters. The molecule has 0 saturated carbocycles. The molecule has 0 radical (unpaired) electrons. The fourth-order valence-corrected chi connectivity index (χ4v) is 4.40. The first kappa shape index (κ1) is 23.9. The molecule has 7 nitrogen and oxygen atoms in total. The SMILES string of the molecule is CCCNC(=O)c1cnc2c(c1C)NC(=O)C1CN(Cc3cc(F)ccc3C(F)(F)F)CCN21. The van der Waals surface area contributed by atoms with E-state index in [1.54, 1.807) is 11.8 Å². The molecule has 0 aliphatic carbocycles. The van der Waals surface area contributed by atoms with Gasteiger partial charge in [-0.25, -0.2) is 9.37 Å². The summed E-state index contributed by atoms with van der Waals surface area (Å²) in [5.41, 5.74) is 0.372. The minimum absolute atomic E-state index is 0.139. The molecule has 1 aromatic carbocycles. The summed E-state index contributed by atoms with van der Waals surface area (Å²) in [4.78, 5) is 33.3. The maximum atomic E-state index is 13.7. The molecule has 0 bridgehead atoms. The zero-order valence-electron chi connectivity index (χ0n) is 18.8. The third kappa shape index (κ3) is 4.56. The van der Waals surface area contributed by atoms with Crippen LogP contribution >= 0.6 is 0 Å². The van der Waals surface area contributed by atoms with Crippen LogP contribution in [0.4, 0.5) is 29.1 Å². The fraction of sp³-hybridized carbons (Fsp3) is 0.435. The number of halogens is 4. The second-order valence-electron chi connectivity index (χ2n) is 8.48. The van der Waals surface area contributed by atoms with E-state index in [9.17, 15) is 27.2 Å². The van der Waals surface area contributed by atoms with Crippen LogP contribution in [0.15, 0.2) is 24.4 Å². The number of pyridine rings is 1. The Labute approximate surface area is 194 Å². The first-order valence-electron chi connectivity index (χ1n) is 11.0. The number of benzene rings is 1. The second-order valence-corrected chi connectivity index (χ2v) is 8.48. The van der Waals surface area contributed by atoms with Crippen molar-refractivity contribution in [2.75, 3.05) is 36.4 Å². The van der Waals surface area contributed by atoms with Crippen molar-refractivity contribution in [3.8, 4) is 0 Å². The zero-order valence-corrected chi connectivity index (χ0v) is 18.8. The number of fused-ring (bicyclic) bond motifs is 3. The highest BCUT2D eigenvalue weighted by Gasteiger charge is 2.40. The van der Waals surface area contributed by atoms with E-state index in [-0.39, 0.29) is 30.5 Å². The Morgan fingerprint density at radius 1 is 1.29 bits per heavy atom. The van der Waals surface area contributed by atoms with Gasteiger partial charge < -0.3 is 15.5 Å². The molecule has 3 heterocycles. The van der Waals surface area contributed by atoms with Crippen molar-refractivity contribution < 1.29 is 27.2 Å². The number of anilines is 2. The van der Waals surface area contributed by atoms with E-state index in [4.69, 9.17) is 0 Å². The predicted molar refractivity (Wildman–Crippen MR) is 118 cm³/mol. The van der Waals surface area contributed by atoms with Crippen LogP contribution in [0.3, 0.4) is 0 Å². The van der Waals surface area contributed by atoms with Crippen molar-refractivity contribution >= 4 is 23.3 Å². The average molecular weight is 479 g/mol. The Morgan fingerprint density at radius 3 is 2.76 bits per heavy atom. The number of aromatic nitrogens is 1. The van der Waals surface area contributed by atoms with E-state index in [1.807, 2.05) is 11.8 Å². The smallest absolute Gasteiger partial charge is 0.352 e. The molecule has 4 rings (SSSR count). The standard InChI is InChI=1S/C23H25F4N5O2/c1-3-6-28-21(33)16-10-29-20-19(13(16)2)30-22(34)18-12-31(7-8-32(18)20)11-14-9-15(24)4-5-17(14)23(25,26)27/h4-5,9-10,18H,3,6-8,11-12H2,1-2H3,(H,28,33)(H,30,34). The Kier molecular flexibility index (Phi) is 6.48. The summed E-state index contributed by atoms with van der Waals surface area (Å²) in [6.45, 7) is 4.91. The number of hydrogen-bond donors (Lipinski definition) is 2. The van der Waals surface area contributed by atoms with Gasteiger partial charge in [0.2, 0.25) is 5.91 Å². The Morgan fingerprint density at radius 2 is 2.06 bits per heavy atom. The van der Waals surface area contributed by atoms with Crippen molar-refractivity contribution in [2.24, 2.45) is 0 Å². The lowest BCUT2D eigenvalue weighted by Gasteiger charge is -2.44. The van der Waals surface area contributed by atoms with E-state index in [0.717, 1.165) is 24.6 Å². The van der Waals surface area contributed by atoms with Crippen LogP contribution in [-0.4, -0.2) is 53.9 Å². The van der Waals surface area contributed by atoms with E-state index in [2.05, 4.69) is 15.6 Å². The van der Waals surface area contributed by atoms with Gasteiger partial charge in [-0.1, -0.05) is 6.92 Å². The van der Waals surface area contributed by atoms with Gasteiger partial charge in [0.05, 0.1) is 16.8 Å². The number of nitrogens with zero attached hydrogens (tertiary/aromatic N) is 3. The maximum Gasteiger partial charge on any atom is 0.416 e. The van der Waals surface area contributed by atoms with Gasteiger partial charge in [-0.3, -0.25) is 14.5 Å². The summed E-state index contributed by atoms with van der Waals surface area (Å²) in [5.74, 6) is -0.824. The van der Waals surface area contributed by atoms with Crippen LogP contribution in [0.5, 0.6) is 0 Å². The second kappa shape index (κ2) is 9.21. The predicted octanol–water partition coefficient (Wildman–Crippen LogP) is 3.33. The summed E-state index contributed by atoms with van der Waals surface area (Å²) in [7, 11) is 0. The summed E-state index contributed by atoms with van der Waals surface area (Å²) >= 11 is 0. The van der Waals surface area contributed by atoms with Crippen LogP contribution in [-0.2, 0) is 17.5 Å². The average Bonchev–Trinajstić information content (AvgIpc) is 2.77. The third-order valence-corrected chi connectivity index (χ3v) is 6.15. The third-order valence-electron chi connectivity index (χ3n) is 6.15. The van der Waals surface area contributed by atoms with Crippen LogP contribution in [0.1, 0.15) is 40.4 Å². The van der Waals surface area contributed by atoms with Crippen LogP contribution < -0.4 is 15.5 Å². The van der Waals surface area contributed by atoms with Crippen LogP contribution in [0, 0.1) is 12.7 Å². The summed E-state index contributed by atoms with van der Waals surface area (Å²) in [5, 5.41) is 5.61. The molecule has 182 valence electrons. The molecule has 1 aromatic heterocycles. The molecule has 2 amide bonds. The lowest BCUT2D eigenvalue weighted by molar-refractivity contribution is -0.138. The van der Waals surface area contributed by atoms with E-state index in [0.29, 0.717) is 42.3 Å². The van der Waals surface area contributed by atoms with Gasteiger partial charge in [-0.15, -0.1) is 0 Å². The molecular weight excluding hydrogens is 454 g/mol. The zero-order chi connectivity index (χ0) is 24.6. The summed E-state index contributed by atoms with van der Waals surface area (Å²) < 4.78 is 53.8. The Bertz CT molecular complexity index is 1120. The summed E-state index contributed by atoms with van der Waals surface area (Å²) in [6, 6.07) is 1.75. The van der Waals surface area contributed by atoms with Gasteiger partial charge in [0.15, 0.2) is 5.82 Å². The monoisotopic (exact) mass is 479 g/mol. The molecule has 1 atom stereocenters. The minimum Gasteiger partial charge on any atom is -0.352 e. The first-order valence-corrected chi connectivity index (χ1v) is 11.0. The number of alkyl halides is 3. The number of piperazine rings is 1. The highest BCUT2D eigenvalue weighted by Crippen LogP contribution is 2.37. The number of carbonyl (C=O) groups is 2. The lowest BCUT2D eigenvalue weighted by Crippen LogP contribution is -2.60. The van der Waals surface area contributed by atoms with E-state index in [1.165, 1.54) is 6.20 Å². The van der Waals surface area contributed by atoms with Gasteiger partial charge in [0, 0.05) is 38.9 Å². The number of amides is 2. The minimum atomic E-state index is -4.60. The van der Waals surface area contributed by atoms with Gasteiger partial charge in [-0.2, -0.15) is 13.2 Å². The number of carbonyl (C=O) groups excluding carboxylic acids is 2. The van der Waals surface area contributed by atoms with E-state index < -0.39 is 23.6 Å². The Balaban J connectivity index is 1.55. The maximum absolute atomic E-state index is 13.7. The number of rotatable bonds is 5. The van der Waals surface area contributed by atoms with Crippen molar-refractivity contribution in [3.63, 3.8) is 0 Å². The normalized spacial score (nSPS) is 18.2. The van der Waals surface area contributed by atoms with Crippen LogP contribution in [0.25, 0.3) is 0 Å². The van der Waals surface area contributed by atoms with Crippen LogP contribution in [0.2, 0.25) is 0 Å². The molecule has 1 fully saturated rings. The van der Waals surface area contributed by atoms with Gasteiger partial charge in [-0.05, 0) is 42.7 Å². The largest absolute Gasteiger partial charge is 0.416 e. The first-order chi connectivity index (χ1) is 16.1. The highest BCUT2D eigenvalue weighted by atomic mass is 19.4. The molecule has 0 spiro atoms. The van der Waals surface area contributed by atoms with Gasteiger partial charge in [0.25, 0.3) is 5.91 Å². The van der Waals surface area contributed by atoms with Crippen molar-refractivity contribution in [3.05, 3.63) is 52.5 Å². The van der Waals surface area contributed by atoms with Crippen molar-refractivity contribution in [2.45, 2.75) is 39.0 Å². The molecule has 34 heavy (non-hydrogen) atoms. The molecule has 2 aliphatic rings. The van der Waals surface area contributed by atoms with Crippen molar-refractivity contribution in [1.29, 1.82) is 0 Å². The Hall–Kier alpha value is -3.21. The molecule has 2 N–H and O–H groups in total. The van der Waals surface area contributed by atoms with E-state index >= 15 is 0 Å². The topological polar surface area (TPSA) is 77.6 Å². The number of hydrogen-bond acceptors (Lipinski definition) is 5. The van der Waals surface area contributed by atoms with Gasteiger partial charge >= 0.3 is 6.18 Å². The molecule has 11 heteroatoms. The summed E-state index contributed by atoms with van der Waals surface area (Å²) in [6.07, 6.45) is -2.34. The molecule has 2 aromatic rings. The molecule has 2 aliphatic heterocycles. The quantitative estimate of drug-likeness (QED) is 0.644. The fourth-order valence-electron chi connectivity index (χ4n) is 4.40. The number of nitrogens with one attached hydrogen (secondary N) is 2. The van der Waals surface area contributed by atoms with Gasteiger partial charge in [0.1, 0.15) is 11.9 Å². The highest BCUT2D eigenvalue weighted by molar-refractivity contribution is 6.06.